The van der Waals surface area contributed by atoms with Crippen LogP contribution in [-0.4, -0.2) is 11.1 Å². The second-order valence-corrected chi connectivity index (χ2v) is 3.30. The van der Waals surface area contributed by atoms with Crippen LogP contribution in [0.4, 0.5) is 4.39 Å². The molecule has 0 spiro atoms. The SMILES string of the molecule is CC(N)CCc1ccc(O)c(F)c1. The highest BCUT2D eigenvalue weighted by molar-refractivity contribution is 5.28. The van der Waals surface area contributed by atoms with E-state index < -0.39 is 5.82 Å². The maximum Gasteiger partial charge on any atom is 0.165 e. The molecule has 13 heavy (non-hydrogen) atoms. The molecular weight excluding hydrogens is 169 g/mol. The summed E-state index contributed by atoms with van der Waals surface area (Å²) >= 11 is 0. The lowest BCUT2D eigenvalue weighted by Crippen LogP contribution is -2.15. The van der Waals surface area contributed by atoms with Crippen LogP contribution in [0.1, 0.15) is 18.9 Å². The Hall–Kier alpha value is -1.09. The minimum Gasteiger partial charge on any atom is -0.505 e. The lowest BCUT2D eigenvalue weighted by Gasteiger charge is -2.05. The summed E-state index contributed by atoms with van der Waals surface area (Å²) in [4.78, 5) is 0. The summed E-state index contributed by atoms with van der Waals surface area (Å²) in [5.74, 6) is -0.869. The van der Waals surface area contributed by atoms with Crippen LogP contribution < -0.4 is 5.73 Å². The molecule has 0 amide bonds. The third-order valence-electron chi connectivity index (χ3n) is 1.90. The molecule has 0 saturated heterocycles. The Bertz CT molecular complexity index is 286. The van der Waals surface area contributed by atoms with Crippen molar-refractivity contribution in [1.29, 1.82) is 0 Å². The molecule has 1 rings (SSSR count). The fourth-order valence-corrected chi connectivity index (χ4v) is 1.10. The van der Waals surface area contributed by atoms with E-state index >= 15 is 0 Å². The predicted molar refractivity (Wildman–Crippen MR) is 50.0 cm³/mol. The minimum absolute atomic E-state index is 0.122. The van der Waals surface area contributed by atoms with Crippen molar-refractivity contribution in [3.63, 3.8) is 0 Å². The molecular formula is C10H14FNO. The molecule has 1 atom stereocenters. The van der Waals surface area contributed by atoms with E-state index in [1.807, 2.05) is 6.92 Å². The minimum atomic E-state index is -0.567. The maximum atomic E-state index is 12.8. The van der Waals surface area contributed by atoms with Crippen molar-refractivity contribution in [2.75, 3.05) is 0 Å². The molecule has 0 heterocycles. The van der Waals surface area contributed by atoms with Crippen LogP contribution in [0.2, 0.25) is 0 Å². The van der Waals surface area contributed by atoms with Crippen LogP contribution in [-0.2, 0) is 6.42 Å². The molecule has 3 heteroatoms. The first kappa shape index (κ1) is 9.99. The number of aryl methyl sites for hydroxylation is 1. The highest BCUT2D eigenvalue weighted by Gasteiger charge is 2.02. The second-order valence-electron chi connectivity index (χ2n) is 3.30. The van der Waals surface area contributed by atoms with Gasteiger partial charge in [-0.1, -0.05) is 6.07 Å². The van der Waals surface area contributed by atoms with E-state index in [0.29, 0.717) is 0 Å². The standard InChI is InChI=1S/C10H14FNO/c1-7(12)2-3-8-4-5-10(13)9(11)6-8/h4-7,13H,2-3,12H2,1H3. The van der Waals surface area contributed by atoms with E-state index in [0.717, 1.165) is 18.4 Å². The number of hydrogen-bond donors (Lipinski definition) is 2. The van der Waals surface area contributed by atoms with E-state index in [1.165, 1.54) is 12.1 Å². The molecule has 1 aromatic carbocycles. The van der Waals surface area contributed by atoms with Gasteiger partial charge in [0.15, 0.2) is 11.6 Å². The largest absolute Gasteiger partial charge is 0.505 e. The molecule has 0 radical (unpaired) electrons. The fraction of sp³-hybridized carbons (Fsp3) is 0.400. The molecule has 0 aliphatic heterocycles. The smallest absolute Gasteiger partial charge is 0.165 e. The van der Waals surface area contributed by atoms with Crippen LogP contribution in [0, 0.1) is 5.82 Å². The van der Waals surface area contributed by atoms with Gasteiger partial charge in [0.1, 0.15) is 0 Å². The normalized spacial score (nSPS) is 12.8. The average Bonchev–Trinajstić information content (AvgIpc) is 2.07. The Morgan fingerprint density at radius 3 is 2.77 bits per heavy atom. The van der Waals surface area contributed by atoms with Crippen molar-refractivity contribution < 1.29 is 9.50 Å². The van der Waals surface area contributed by atoms with Gasteiger partial charge in [-0.3, -0.25) is 0 Å². The summed E-state index contributed by atoms with van der Waals surface area (Å²) in [6, 6.07) is 4.54. The maximum absolute atomic E-state index is 12.8. The number of rotatable bonds is 3. The summed E-state index contributed by atoms with van der Waals surface area (Å²) < 4.78 is 12.8. The Labute approximate surface area is 77.2 Å². The summed E-state index contributed by atoms with van der Waals surface area (Å²) in [5.41, 5.74) is 6.43. The van der Waals surface area contributed by atoms with Gasteiger partial charge >= 0.3 is 0 Å². The van der Waals surface area contributed by atoms with Crippen LogP contribution in [0.5, 0.6) is 5.75 Å². The van der Waals surface area contributed by atoms with Crippen molar-refractivity contribution in [3.05, 3.63) is 29.6 Å². The molecule has 0 fully saturated rings. The zero-order valence-corrected chi connectivity index (χ0v) is 7.63. The van der Waals surface area contributed by atoms with Gasteiger partial charge in [-0.05, 0) is 37.5 Å². The van der Waals surface area contributed by atoms with Crippen LogP contribution >= 0.6 is 0 Å². The third kappa shape index (κ3) is 3.03. The fourth-order valence-electron chi connectivity index (χ4n) is 1.10. The van der Waals surface area contributed by atoms with Crippen LogP contribution in [0.15, 0.2) is 18.2 Å². The number of halogens is 1. The van der Waals surface area contributed by atoms with Gasteiger partial charge in [0.05, 0.1) is 0 Å². The van der Waals surface area contributed by atoms with E-state index in [9.17, 15) is 4.39 Å². The molecule has 1 aromatic rings. The van der Waals surface area contributed by atoms with E-state index in [-0.39, 0.29) is 11.8 Å². The highest BCUT2D eigenvalue weighted by atomic mass is 19.1. The predicted octanol–water partition coefficient (Wildman–Crippen LogP) is 1.81. The Balaban J connectivity index is 2.63. The zero-order valence-electron chi connectivity index (χ0n) is 7.63. The van der Waals surface area contributed by atoms with Crippen molar-refractivity contribution in [1.82, 2.24) is 0 Å². The Kier molecular flexibility index (Phi) is 3.25. The quantitative estimate of drug-likeness (QED) is 0.750. The number of hydrogen-bond acceptors (Lipinski definition) is 2. The van der Waals surface area contributed by atoms with Gasteiger partial charge in [-0.15, -0.1) is 0 Å². The first-order chi connectivity index (χ1) is 6.09. The van der Waals surface area contributed by atoms with Gasteiger partial charge in [0, 0.05) is 6.04 Å². The zero-order chi connectivity index (χ0) is 9.84. The van der Waals surface area contributed by atoms with E-state index in [4.69, 9.17) is 10.8 Å². The number of phenols is 1. The first-order valence-electron chi connectivity index (χ1n) is 4.32. The average molecular weight is 183 g/mol. The van der Waals surface area contributed by atoms with Gasteiger partial charge < -0.3 is 10.8 Å². The van der Waals surface area contributed by atoms with Crippen LogP contribution in [0.25, 0.3) is 0 Å². The van der Waals surface area contributed by atoms with Crippen LogP contribution in [0.3, 0.4) is 0 Å². The Morgan fingerprint density at radius 1 is 1.54 bits per heavy atom. The number of nitrogens with two attached hydrogens (primary N) is 1. The van der Waals surface area contributed by atoms with Gasteiger partial charge in [0.25, 0.3) is 0 Å². The molecule has 0 bridgehead atoms. The molecule has 2 nitrogen and oxygen atoms in total. The summed E-state index contributed by atoms with van der Waals surface area (Å²) in [7, 11) is 0. The molecule has 1 unspecified atom stereocenters. The van der Waals surface area contributed by atoms with Gasteiger partial charge in [0.2, 0.25) is 0 Å². The topological polar surface area (TPSA) is 46.2 Å². The lowest BCUT2D eigenvalue weighted by atomic mass is 10.1. The number of aromatic hydroxyl groups is 1. The van der Waals surface area contributed by atoms with E-state index in [2.05, 4.69) is 0 Å². The van der Waals surface area contributed by atoms with E-state index in [1.54, 1.807) is 6.07 Å². The molecule has 0 aliphatic rings. The molecule has 0 aliphatic carbocycles. The van der Waals surface area contributed by atoms with Crippen molar-refractivity contribution >= 4 is 0 Å². The first-order valence-corrected chi connectivity index (χ1v) is 4.32. The van der Waals surface area contributed by atoms with Gasteiger partial charge in [-0.25, -0.2) is 4.39 Å². The second kappa shape index (κ2) is 4.23. The van der Waals surface area contributed by atoms with Crippen molar-refractivity contribution in [2.45, 2.75) is 25.8 Å². The van der Waals surface area contributed by atoms with Crippen molar-refractivity contribution in [3.8, 4) is 5.75 Å². The monoisotopic (exact) mass is 183 g/mol. The number of phenolic OH excluding ortho intramolecular Hbond substituents is 1. The summed E-state index contributed by atoms with van der Waals surface area (Å²) in [6.07, 6.45) is 1.57. The molecule has 72 valence electrons. The number of benzene rings is 1. The molecule has 0 aromatic heterocycles. The van der Waals surface area contributed by atoms with Gasteiger partial charge in [-0.2, -0.15) is 0 Å². The summed E-state index contributed by atoms with van der Waals surface area (Å²) in [5, 5.41) is 8.92. The summed E-state index contributed by atoms with van der Waals surface area (Å²) in [6.45, 7) is 1.91. The third-order valence-corrected chi connectivity index (χ3v) is 1.90. The molecule has 3 N–H and O–H groups in total. The highest BCUT2D eigenvalue weighted by Crippen LogP contribution is 2.17. The van der Waals surface area contributed by atoms with Crippen molar-refractivity contribution in [2.24, 2.45) is 5.73 Å². The lowest BCUT2D eigenvalue weighted by molar-refractivity contribution is 0.431. The Morgan fingerprint density at radius 2 is 2.23 bits per heavy atom. The molecule has 0 saturated carbocycles.